The third-order valence-corrected chi connectivity index (χ3v) is 4.93. The number of hydrogen-bond donors (Lipinski definition) is 1. The number of ether oxygens (including phenoxy) is 1. The van der Waals surface area contributed by atoms with E-state index in [1.807, 2.05) is 48.5 Å². The first-order chi connectivity index (χ1) is 13.7. The predicted octanol–water partition coefficient (Wildman–Crippen LogP) is 4.50. The summed E-state index contributed by atoms with van der Waals surface area (Å²) in [5, 5.41) is 11.1. The lowest BCUT2D eigenvalue weighted by Crippen LogP contribution is -2.13. The second kappa shape index (κ2) is 9.94. The van der Waals surface area contributed by atoms with Gasteiger partial charge in [0.05, 0.1) is 5.75 Å². The lowest BCUT2D eigenvalue weighted by molar-refractivity contribution is -0.113. The van der Waals surface area contributed by atoms with Gasteiger partial charge >= 0.3 is 0 Å². The Labute approximate surface area is 168 Å². The van der Waals surface area contributed by atoms with Gasteiger partial charge in [-0.25, -0.2) is 0 Å². The number of aryl methyl sites for hydroxylation is 2. The molecule has 0 radical (unpaired) electrons. The van der Waals surface area contributed by atoms with E-state index in [4.69, 9.17) is 9.15 Å². The number of hydrogen-bond acceptors (Lipinski definition) is 6. The molecule has 3 aromatic rings. The quantitative estimate of drug-likeness (QED) is 0.536. The van der Waals surface area contributed by atoms with Gasteiger partial charge in [0.2, 0.25) is 5.91 Å². The number of amides is 1. The lowest BCUT2D eigenvalue weighted by Gasteiger charge is -2.05. The van der Waals surface area contributed by atoms with Gasteiger partial charge in [0, 0.05) is 5.69 Å². The van der Waals surface area contributed by atoms with E-state index in [2.05, 4.69) is 29.4 Å². The number of aromatic nitrogens is 2. The molecule has 146 valence electrons. The van der Waals surface area contributed by atoms with E-state index >= 15 is 0 Å². The van der Waals surface area contributed by atoms with E-state index in [9.17, 15) is 4.79 Å². The van der Waals surface area contributed by atoms with Gasteiger partial charge in [-0.1, -0.05) is 49.9 Å². The van der Waals surface area contributed by atoms with Gasteiger partial charge in [0.25, 0.3) is 11.1 Å². The van der Waals surface area contributed by atoms with Gasteiger partial charge in [-0.05, 0) is 48.2 Å². The van der Waals surface area contributed by atoms with Crippen molar-refractivity contribution in [2.75, 3.05) is 11.1 Å². The Bertz CT molecular complexity index is 892. The molecule has 28 heavy (non-hydrogen) atoms. The van der Waals surface area contributed by atoms with Crippen LogP contribution in [-0.4, -0.2) is 21.9 Å². The molecule has 1 aromatic heterocycles. The summed E-state index contributed by atoms with van der Waals surface area (Å²) >= 11 is 1.19. The molecule has 0 unspecified atom stereocenters. The number of rotatable bonds is 9. The zero-order valence-corrected chi connectivity index (χ0v) is 16.8. The largest absolute Gasteiger partial charge is 0.484 e. The van der Waals surface area contributed by atoms with Crippen LogP contribution in [0.3, 0.4) is 0 Å². The minimum absolute atomic E-state index is 0.124. The van der Waals surface area contributed by atoms with Crippen LogP contribution in [0, 0.1) is 0 Å². The van der Waals surface area contributed by atoms with Crippen molar-refractivity contribution in [3.8, 4) is 5.75 Å². The molecule has 0 fully saturated rings. The van der Waals surface area contributed by atoms with Gasteiger partial charge in [-0.2, -0.15) is 0 Å². The first-order valence-electron chi connectivity index (χ1n) is 9.22. The molecule has 1 N–H and O–H groups in total. The van der Waals surface area contributed by atoms with E-state index in [0.717, 1.165) is 24.3 Å². The SMILES string of the molecule is CCc1ccc(NC(=O)CSc2nnc(COc3ccc(CC)cc3)o2)cc1. The fourth-order valence-corrected chi connectivity index (χ4v) is 3.05. The zero-order valence-electron chi connectivity index (χ0n) is 16.0. The highest BCUT2D eigenvalue weighted by Gasteiger charge is 2.10. The standard InChI is InChI=1S/C21H23N3O3S/c1-3-15-5-9-17(10-6-15)22-19(25)14-28-21-24-23-20(27-21)13-26-18-11-7-16(4-2)8-12-18/h5-12H,3-4,13-14H2,1-2H3,(H,22,25). The molecular weight excluding hydrogens is 374 g/mol. The van der Waals surface area contributed by atoms with Crippen LogP contribution in [0.5, 0.6) is 5.75 Å². The number of benzene rings is 2. The van der Waals surface area contributed by atoms with Crippen LogP contribution in [0.25, 0.3) is 0 Å². The molecule has 0 aliphatic carbocycles. The molecule has 3 rings (SSSR count). The molecule has 0 bridgehead atoms. The smallest absolute Gasteiger partial charge is 0.277 e. The lowest BCUT2D eigenvalue weighted by atomic mass is 10.1. The van der Waals surface area contributed by atoms with Gasteiger partial charge < -0.3 is 14.5 Å². The molecule has 1 amide bonds. The van der Waals surface area contributed by atoms with E-state index in [1.165, 1.54) is 22.9 Å². The average Bonchev–Trinajstić information content (AvgIpc) is 3.19. The van der Waals surface area contributed by atoms with Crippen molar-refractivity contribution in [2.24, 2.45) is 0 Å². The number of anilines is 1. The molecular formula is C21H23N3O3S. The third kappa shape index (κ3) is 5.85. The zero-order chi connectivity index (χ0) is 19.8. The Morgan fingerprint density at radius 3 is 2.29 bits per heavy atom. The van der Waals surface area contributed by atoms with Gasteiger partial charge in [-0.3, -0.25) is 4.79 Å². The van der Waals surface area contributed by atoms with Crippen molar-refractivity contribution >= 4 is 23.4 Å². The Kier molecular flexibility index (Phi) is 7.08. The number of nitrogens with zero attached hydrogens (tertiary/aromatic N) is 2. The average molecular weight is 398 g/mol. The van der Waals surface area contributed by atoms with Crippen LogP contribution < -0.4 is 10.1 Å². The summed E-state index contributed by atoms with van der Waals surface area (Å²) in [5.41, 5.74) is 3.26. The Morgan fingerprint density at radius 1 is 1.00 bits per heavy atom. The molecule has 6 nitrogen and oxygen atoms in total. The van der Waals surface area contributed by atoms with Gasteiger partial charge in [-0.15, -0.1) is 10.2 Å². The maximum absolute atomic E-state index is 12.1. The summed E-state index contributed by atoms with van der Waals surface area (Å²) in [5.74, 6) is 1.19. The van der Waals surface area contributed by atoms with E-state index in [-0.39, 0.29) is 18.3 Å². The number of carbonyl (C=O) groups excluding carboxylic acids is 1. The minimum Gasteiger partial charge on any atom is -0.484 e. The molecule has 1 heterocycles. The summed E-state index contributed by atoms with van der Waals surface area (Å²) in [4.78, 5) is 12.1. The minimum atomic E-state index is -0.124. The number of carbonyl (C=O) groups is 1. The highest BCUT2D eigenvalue weighted by molar-refractivity contribution is 7.99. The summed E-state index contributed by atoms with van der Waals surface area (Å²) in [6, 6.07) is 15.7. The van der Waals surface area contributed by atoms with Crippen molar-refractivity contribution < 1.29 is 13.9 Å². The fraction of sp³-hybridized carbons (Fsp3) is 0.286. The highest BCUT2D eigenvalue weighted by atomic mass is 32.2. The highest BCUT2D eigenvalue weighted by Crippen LogP contribution is 2.19. The summed E-state index contributed by atoms with van der Waals surface area (Å²) < 4.78 is 11.2. The van der Waals surface area contributed by atoms with Gasteiger partial charge in [0.15, 0.2) is 6.61 Å². The van der Waals surface area contributed by atoms with Crippen molar-refractivity contribution in [3.63, 3.8) is 0 Å². The van der Waals surface area contributed by atoms with Crippen molar-refractivity contribution in [1.82, 2.24) is 10.2 Å². The maximum atomic E-state index is 12.1. The molecule has 7 heteroatoms. The maximum Gasteiger partial charge on any atom is 0.277 e. The van der Waals surface area contributed by atoms with Crippen molar-refractivity contribution in [1.29, 1.82) is 0 Å². The second-order valence-electron chi connectivity index (χ2n) is 6.14. The van der Waals surface area contributed by atoms with E-state index in [1.54, 1.807) is 0 Å². The summed E-state index contributed by atoms with van der Waals surface area (Å²) in [6.45, 7) is 4.39. The van der Waals surface area contributed by atoms with Gasteiger partial charge in [0.1, 0.15) is 5.75 Å². The third-order valence-electron chi connectivity index (χ3n) is 4.11. The molecule has 0 saturated heterocycles. The normalized spacial score (nSPS) is 10.6. The number of thioether (sulfide) groups is 1. The van der Waals surface area contributed by atoms with E-state index in [0.29, 0.717) is 11.1 Å². The van der Waals surface area contributed by atoms with Crippen LogP contribution in [0.15, 0.2) is 58.2 Å². The molecule has 0 aliphatic heterocycles. The van der Waals surface area contributed by atoms with Crippen LogP contribution >= 0.6 is 11.8 Å². The van der Waals surface area contributed by atoms with E-state index < -0.39 is 0 Å². The summed E-state index contributed by atoms with van der Waals surface area (Å²) in [6.07, 6.45) is 1.96. The molecule has 0 saturated carbocycles. The number of nitrogens with one attached hydrogen (secondary N) is 1. The predicted molar refractivity (Wildman–Crippen MR) is 110 cm³/mol. The molecule has 0 atom stereocenters. The first-order valence-corrected chi connectivity index (χ1v) is 10.2. The molecule has 2 aromatic carbocycles. The first kappa shape index (κ1) is 19.9. The molecule has 0 spiro atoms. The fourth-order valence-electron chi connectivity index (χ4n) is 2.47. The Morgan fingerprint density at radius 2 is 1.64 bits per heavy atom. The Balaban J connectivity index is 1.43. The Hall–Kier alpha value is -2.80. The monoisotopic (exact) mass is 397 g/mol. The summed E-state index contributed by atoms with van der Waals surface area (Å²) in [7, 11) is 0. The van der Waals surface area contributed by atoms with Crippen LogP contribution in [0.1, 0.15) is 30.9 Å². The van der Waals surface area contributed by atoms with Crippen molar-refractivity contribution in [3.05, 3.63) is 65.5 Å². The van der Waals surface area contributed by atoms with Crippen LogP contribution in [0.4, 0.5) is 5.69 Å². The topological polar surface area (TPSA) is 77.2 Å². The van der Waals surface area contributed by atoms with Crippen LogP contribution in [-0.2, 0) is 24.2 Å². The van der Waals surface area contributed by atoms with Crippen LogP contribution in [0.2, 0.25) is 0 Å². The second-order valence-corrected chi connectivity index (χ2v) is 7.06. The van der Waals surface area contributed by atoms with Crippen molar-refractivity contribution in [2.45, 2.75) is 38.5 Å². The molecule has 0 aliphatic rings.